The molecule has 2 aromatic heterocycles. The lowest BCUT2D eigenvalue weighted by Gasteiger charge is -2.33. The predicted octanol–water partition coefficient (Wildman–Crippen LogP) is 3.97. The molecule has 4 rings (SSSR count). The van der Waals surface area contributed by atoms with Gasteiger partial charge in [-0.25, -0.2) is 4.98 Å². The van der Waals surface area contributed by atoms with Gasteiger partial charge in [-0.1, -0.05) is 43.3 Å². The van der Waals surface area contributed by atoms with Crippen molar-refractivity contribution in [3.63, 3.8) is 0 Å². The van der Waals surface area contributed by atoms with E-state index in [1.165, 1.54) is 0 Å². The minimum atomic E-state index is 0.101. The van der Waals surface area contributed by atoms with Crippen LogP contribution in [-0.4, -0.2) is 57.0 Å². The maximum absolute atomic E-state index is 13.0. The number of carbonyl (C=O) groups excluding carboxylic acids is 1. The van der Waals surface area contributed by atoms with E-state index in [-0.39, 0.29) is 5.91 Å². The van der Waals surface area contributed by atoms with Gasteiger partial charge in [-0.3, -0.25) is 9.69 Å². The summed E-state index contributed by atoms with van der Waals surface area (Å²) in [7, 11) is 0. The molecule has 7 nitrogen and oxygen atoms in total. The van der Waals surface area contributed by atoms with Crippen LogP contribution in [0.15, 0.2) is 28.8 Å². The maximum Gasteiger partial charge on any atom is 0.265 e. The van der Waals surface area contributed by atoms with Crippen molar-refractivity contribution < 1.29 is 9.32 Å². The maximum atomic E-state index is 13.0. The van der Waals surface area contributed by atoms with Gasteiger partial charge in [0, 0.05) is 38.2 Å². The number of rotatable bonds is 6. The summed E-state index contributed by atoms with van der Waals surface area (Å²) in [6.45, 7) is 11.9. The Bertz CT molecular complexity index is 1050. The Balaban J connectivity index is 1.34. The van der Waals surface area contributed by atoms with E-state index >= 15 is 0 Å². The van der Waals surface area contributed by atoms with E-state index in [1.807, 2.05) is 43.0 Å². The molecular formula is C23H29N5O2S. The average Bonchev–Trinajstić information content (AvgIpc) is 3.34. The zero-order chi connectivity index (χ0) is 22.0. The van der Waals surface area contributed by atoms with Gasteiger partial charge in [0.2, 0.25) is 11.7 Å². The zero-order valence-corrected chi connectivity index (χ0v) is 19.4. The van der Waals surface area contributed by atoms with Gasteiger partial charge in [-0.2, -0.15) is 4.98 Å². The second-order valence-corrected chi connectivity index (χ2v) is 9.60. The lowest BCUT2D eigenvalue weighted by atomic mass is 10.1. The van der Waals surface area contributed by atoms with Crippen LogP contribution in [0.1, 0.15) is 45.7 Å². The Morgan fingerprint density at radius 1 is 1.13 bits per heavy atom. The quantitative estimate of drug-likeness (QED) is 0.579. The van der Waals surface area contributed by atoms with Gasteiger partial charge in [-0.15, -0.1) is 11.3 Å². The van der Waals surface area contributed by atoms with Crippen molar-refractivity contribution >= 4 is 17.2 Å². The minimum absolute atomic E-state index is 0.101. The van der Waals surface area contributed by atoms with Crippen molar-refractivity contribution in [3.05, 3.63) is 51.3 Å². The lowest BCUT2D eigenvalue weighted by Crippen LogP contribution is -2.48. The molecule has 164 valence electrons. The van der Waals surface area contributed by atoms with Crippen LogP contribution >= 0.6 is 11.3 Å². The number of amides is 1. The summed E-state index contributed by atoms with van der Waals surface area (Å²) in [4.78, 5) is 27.2. The van der Waals surface area contributed by atoms with Crippen molar-refractivity contribution in [2.75, 3.05) is 26.2 Å². The van der Waals surface area contributed by atoms with Crippen molar-refractivity contribution in [1.82, 2.24) is 24.9 Å². The van der Waals surface area contributed by atoms with Gasteiger partial charge >= 0.3 is 0 Å². The largest absolute Gasteiger partial charge is 0.338 e. The fourth-order valence-electron chi connectivity index (χ4n) is 3.78. The van der Waals surface area contributed by atoms with E-state index in [4.69, 9.17) is 4.52 Å². The van der Waals surface area contributed by atoms with Crippen molar-refractivity contribution in [2.45, 2.75) is 40.7 Å². The number of hydrogen-bond donors (Lipinski definition) is 0. The molecule has 1 saturated heterocycles. The SMILES string of the molecule is Cc1ccccc1-c1noc(CN2CCN(C(=O)c3sc(CC(C)C)nc3C)CC2)n1. The van der Waals surface area contributed by atoms with Gasteiger partial charge in [0.05, 0.1) is 17.2 Å². The Labute approximate surface area is 187 Å². The van der Waals surface area contributed by atoms with E-state index < -0.39 is 0 Å². The monoisotopic (exact) mass is 439 g/mol. The Hall–Kier alpha value is -2.58. The summed E-state index contributed by atoms with van der Waals surface area (Å²) < 4.78 is 5.48. The van der Waals surface area contributed by atoms with Crippen LogP contribution in [-0.2, 0) is 13.0 Å². The molecule has 0 atom stereocenters. The third kappa shape index (κ3) is 5.02. The third-order valence-electron chi connectivity index (χ3n) is 5.49. The first kappa shape index (κ1) is 21.6. The number of carbonyl (C=O) groups is 1. The zero-order valence-electron chi connectivity index (χ0n) is 18.6. The molecule has 8 heteroatoms. The lowest BCUT2D eigenvalue weighted by molar-refractivity contribution is 0.0619. The Kier molecular flexibility index (Phi) is 6.48. The van der Waals surface area contributed by atoms with E-state index in [0.29, 0.717) is 37.3 Å². The molecule has 1 aliphatic rings. The number of benzene rings is 1. The van der Waals surface area contributed by atoms with Gasteiger partial charge in [0.1, 0.15) is 4.88 Å². The molecule has 1 amide bonds. The topological polar surface area (TPSA) is 75.4 Å². The second-order valence-electron chi connectivity index (χ2n) is 8.52. The van der Waals surface area contributed by atoms with E-state index in [0.717, 1.165) is 46.2 Å². The number of nitrogens with zero attached hydrogens (tertiary/aromatic N) is 5. The number of aromatic nitrogens is 3. The summed E-state index contributed by atoms with van der Waals surface area (Å²) >= 11 is 1.55. The first-order valence-electron chi connectivity index (χ1n) is 10.8. The smallest absolute Gasteiger partial charge is 0.265 e. The molecule has 3 aromatic rings. The van der Waals surface area contributed by atoms with Gasteiger partial charge < -0.3 is 9.42 Å². The average molecular weight is 440 g/mol. The van der Waals surface area contributed by atoms with Crippen LogP contribution in [0, 0.1) is 19.8 Å². The molecule has 0 unspecified atom stereocenters. The molecule has 0 radical (unpaired) electrons. The van der Waals surface area contributed by atoms with Crippen molar-refractivity contribution in [2.24, 2.45) is 5.92 Å². The van der Waals surface area contributed by atoms with E-state index in [9.17, 15) is 4.79 Å². The highest BCUT2D eigenvalue weighted by atomic mass is 32.1. The van der Waals surface area contributed by atoms with Crippen LogP contribution in [0.4, 0.5) is 0 Å². The molecule has 31 heavy (non-hydrogen) atoms. The molecule has 0 saturated carbocycles. The number of hydrogen-bond acceptors (Lipinski definition) is 7. The molecule has 0 bridgehead atoms. The fourth-order valence-corrected chi connectivity index (χ4v) is 5.03. The van der Waals surface area contributed by atoms with Crippen LogP contribution in [0.5, 0.6) is 0 Å². The summed E-state index contributed by atoms with van der Waals surface area (Å²) in [6.07, 6.45) is 0.918. The highest BCUT2D eigenvalue weighted by molar-refractivity contribution is 7.13. The predicted molar refractivity (Wildman–Crippen MR) is 121 cm³/mol. The first-order chi connectivity index (χ1) is 14.9. The molecule has 0 aliphatic carbocycles. The number of aryl methyl sites for hydroxylation is 2. The number of piperazine rings is 1. The van der Waals surface area contributed by atoms with Crippen molar-refractivity contribution in [3.8, 4) is 11.4 Å². The third-order valence-corrected chi connectivity index (χ3v) is 6.66. The van der Waals surface area contributed by atoms with Crippen LogP contribution in [0.3, 0.4) is 0 Å². The molecule has 0 spiro atoms. The van der Waals surface area contributed by atoms with E-state index in [2.05, 4.69) is 33.9 Å². The highest BCUT2D eigenvalue weighted by Crippen LogP contribution is 2.24. The standard InChI is InChI=1S/C23H29N5O2S/c1-15(2)13-20-24-17(4)21(31-20)23(29)28-11-9-27(10-12-28)14-19-25-22(26-30-19)18-8-6-5-7-16(18)3/h5-8,15H,9-14H2,1-4H3. The summed E-state index contributed by atoms with van der Waals surface area (Å²) in [5.41, 5.74) is 2.96. The number of thiazole rings is 1. The van der Waals surface area contributed by atoms with Gasteiger partial charge in [-0.05, 0) is 25.3 Å². The van der Waals surface area contributed by atoms with Crippen LogP contribution < -0.4 is 0 Å². The Morgan fingerprint density at radius 2 is 1.87 bits per heavy atom. The Morgan fingerprint density at radius 3 is 2.58 bits per heavy atom. The minimum Gasteiger partial charge on any atom is -0.338 e. The molecule has 1 aliphatic heterocycles. The molecule has 1 aromatic carbocycles. The summed E-state index contributed by atoms with van der Waals surface area (Å²) in [5.74, 6) is 1.87. The van der Waals surface area contributed by atoms with Crippen LogP contribution in [0.25, 0.3) is 11.4 Å². The fraction of sp³-hybridized carbons (Fsp3) is 0.478. The molecule has 0 N–H and O–H groups in total. The van der Waals surface area contributed by atoms with Gasteiger partial charge in [0.15, 0.2) is 0 Å². The van der Waals surface area contributed by atoms with Crippen molar-refractivity contribution in [1.29, 1.82) is 0 Å². The van der Waals surface area contributed by atoms with Gasteiger partial charge in [0.25, 0.3) is 5.91 Å². The molecule has 3 heterocycles. The summed E-state index contributed by atoms with van der Waals surface area (Å²) in [6, 6.07) is 8.02. The highest BCUT2D eigenvalue weighted by Gasteiger charge is 2.26. The normalized spacial score (nSPS) is 15.1. The summed E-state index contributed by atoms with van der Waals surface area (Å²) in [5, 5.41) is 5.20. The van der Waals surface area contributed by atoms with Crippen LogP contribution in [0.2, 0.25) is 0 Å². The van der Waals surface area contributed by atoms with E-state index in [1.54, 1.807) is 11.3 Å². The first-order valence-corrected chi connectivity index (χ1v) is 11.6. The molecular weight excluding hydrogens is 410 g/mol. The molecule has 1 fully saturated rings. The second kappa shape index (κ2) is 9.28.